The van der Waals surface area contributed by atoms with E-state index in [-0.39, 0.29) is 5.91 Å². The van der Waals surface area contributed by atoms with E-state index in [1.54, 1.807) is 39.1 Å². The fourth-order valence-corrected chi connectivity index (χ4v) is 4.91. The SMILES string of the molecule is COc1ccc(-n2c(C(=O)N(C)C)c(C)c(OCc3ccccc3)c2P(C)(C)=O)cc1. The van der Waals surface area contributed by atoms with Gasteiger partial charge in [-0.15, -0.1) is 0 Å². The number of rotatable bonds is 7. The largest absolute Gasteiger partial charge is 0.497 e. The van der Waals surface area contributed by atoms with Crippen LogP contribution in [0.3, 0.4) is 0 Å². The molecule has 3 rings (SSSR count). The number of carbonyl (C=O) groups excluding carboxylic acids is 1. The monoisotopic (exact) mass is 440 g/mol. The third kappa shape index (κ3) is 4.70. The molecule has 0 aliphatic carbocycles. The van der Waals surface area contributed by atoms with Crippen LogP contribution in [-0.2, 0) is 11.2 Å². The zero-order valence-electron chi connectivity index (χ0n) is 18.9. The molecule has 0 saturated carbocycles. The van der Waals surface area contributed by atoms with E-state index < -0.39 is 7.14 Å². The van der Waals surface area contributed by atoms with E-state index in [4.69, 9.17) is 9.47 Å². The van der Waals surface area contributed by atoms with E-state index in [2.05, 4.69) is 0 Å². The number of amides is 1. The average molecular weight is 440 g/mol. The molecule has 6 nitrogen and oxygen atoms in total. The lowest BCUT2D eigenvalue weighted by molar-refractivity contribution is 0.0819. The molecule has 1 aromatic heterocycles. The Kier molecular flexibility index (Phi) is 6.61. The van der Waals surface area contributed by atoms with Gasteiger partial charge in [-0.2, -0.15) is 0 Å². The molecule has 7 heteroatoms. The number of methoxy groups -OCH3 is 1. The van der Waals surface area contributed by atoms with Crippen LogP contribution in [0.2, 0.25) is 0 Å². The van der Waals surface area contributed by atoms with Gasteiger partial charge in [0.2, 0.25) is 0 Å². The summed E-state index contributed by atoms with van der Waals surface area (Å²) >= 11 is 0. The lowest BCUT2D eigenvalue weighted by atomic mass is 10.2. The summed E-state index contributed by atoms with van der Waals surface area (Å²) in [5.74, 6) is 1.02. The number of hydrogen-bond donors (Lipinski definition) is 0. The van der Waals surface area contributed by atoms with E-state index in [1.807, 2.05) is 61.5 Å². The van der Waals surface area contributed by atoms with Gasteiger partial charge in [0.1, 0.15) is 30.6 Å². The molecule has 2 aromatic carbocycles. The molecule has 0 atom stereocenters. The van der Waals surface area contributed by atoms with E-state index in [1.165, 1.54) is 4.90 Å². The molecular weight excluding hydrogens is 411 g/mol. The lowest BCUT2D eigenvalue weighted by Crippen LogP contribution is -2.27. The summed E-state index contributed by atoms with van der Waals surface area (Å²) in [6.07, 6.45) is 0. The van der Waals surface area contributed by atoms with Gasteiger partial charge in [-0.05, 0) is 50.1 Å². The predicted molar refractivity (Wildman–Crippen MR) is 125 cm³/mol. The van der Waals surface area contributed by atoms with Crippen molar-refractivity contribution >= 4 is 18.5 Å². The van der Waals surface area contributed by atoms with Gasteiger partial charge in [0.25, 0.3) is 5.91 Å². The summed E-state index contributed by atoms with van der Waals surface area (Å²) in [5.41, 5.74) is 3.35. The first-order chi connectivity index (χ1) is 14.6. The average Bonchev–Trinajstić information content (AvgIpc) is 3.04. The van der Waals surface area contributed by atoms with Gasteiger partial charge in [-0.25, -0.2) is 0 Å². The van der Waals surface area contributed by atoms with Gasteiger partial charge < -0.3 is 18.9 Å². The van der Waals surface area contributed by atoms with Crippen LogP contribution in [0.5, 0.6) is 11.5 Å². The minimum Gasteiger partial charge on any atom is -0.497 e. The normalized spacial score (nSPS) is 11.3. The van der Waals surface area contributed by atoms with Gasteiger partial charge in [0.15, 0.2) is 5.75 Å². The van der Waals surface area contributed by atoms with Gasteiger partial charge in [-0.1, -0.05) is 30.3 Å². The summed E-state index contributed by atoms with van der Waals surface area (Å²) in [7, 11) is 2.17. The molecule has 3 aromatic rings. The second kappa shape index (κ2) is 9.03. The van der Waals surface area contributed by atoms with Crippen LogP contribution in [0, 0.1) is 6.92 Å². The van der Waals surface area contributed by atoms with Crippen LogP contribution >= 0.6 is 7.14 Å². The topological polar surface area (TPSA) is 60.8 Å². The zero-order chi connectivity index (χ0) is 22.8. The van der Waals surface area contributed by atoms with Gasteiger partial charge in [0, 0.05) is 25.3 Å². The molecule has 0 saturated heterocycles. The molecule has 0 spiro atoms. The second-order valence-corrected chi connectivity index (χ2v) is 11.1. The Morgan fingerprint density at radius 3 is 2.16 bits per heavy atom. The third-order valence-electron chi connectivity index (χ3n) is 5.01. The van der Waals surface area contributed by atoms with Crippen molar-refractivity contribution in [3.8, 4) is 17.2 Å². The van der Waals surface area contributed by atoms with Gasteiger partial charge in [-0.3, -0.25) is 9.36 Å². The molecule has 31 heavy (non-hydrogen) atoms. The molecule has 0 aliphatic heterocycles. The van der Waals surface area contributed by atoms with Crippen molar-refractivity contribution in [2.24, 2.45) is 0 Å². The Morgan fingerprint density at radius 2 is 1.65 bits per heavy atom. The highest BCUT2D eigenvalue weighted by atomic mass is 31.2. The minimum atomic E-state index is -2.84. The predicted octanol–water partition coefficient (Wildman–Crippen LogP) is 4.32. The first-order valence-corrected chi connectivity index (χ1v) is 12.6. The van der Waals surface area contributed by atoms with Crippen molar-refractivity contribution in [1.82, 2.24) is 9.47 Å². The number of carbonyl (C=O) groups is 1. The Labute approximate surface area is 183 Å². The van der Waals surface area contributed by atoms with Crippen molar-refractivity contribution in [3.05, 3.63) is 71.4 Å². The number of aromatic nitrogens is 1. The zero-order valence-corrected chi connectivity index (χ0v) is 19.8. The van der Waals surface area contributed by atoms with Crippen LogP contribution < -0.4 is 14.9 Å². The van der Waals surface area contributed by atoms with Crippen molar-refractivity contribution in [2.45, 2.75) is 13.5 Å². The Morgan fingerprint density at radius 1 is 1.03 bits per heavy atom. The molecule has 164 valence electrons. The summed E-state index contributed by atoms with van der Waals surface area (Å²) in [4.78, 5) is 14.7. The molecule has 1 heterocycles. The van der Waals surface area contributed by atoms with E-state index in [0.717, 1.165) is 11.3 Å². The maximum absolute atomic E-state index is 13.5. The van der Waals surface area contributed by atoms with Crippen molar-refractivity contribution < 1.29 is 18.8 Å². The Hall–Kier alpha value is -2.98. The number of nitrogens with zero attached hydrogens (tertiary/aromatic N) is 2. The summed E-state index contributed by atoms with van der Waals surface area (Å²) in [6.45, 7) is 5.55. The maximum atomic E-state index is 13.5. The fraction of sp³-hybridized carbons (Fsp3) is 0.292. The molecule has 0 unspecified atom stereocenters. The molecule has 0 N–H and O–H groups in total. The Bertz CT molecular complexity index is 1110. The lowest BCUT2D eigenvalue weighted by Gasteiger charge is -2.18. The number of hydrogen-bond acceptors (Lipinski definition) is 4. The molecule has 0 bridgehead atoms. The van der Waals surface area contributed by atoms with E-state index in [9.17, 15) is 9.36 Å². The summed E-state index contributed by atoms with van der Waals surface area (Å²) in [6, 6.07) is 17.1. The van der Waals surface area contributed by atoms with E-state index >= 15 is 0 Å². The summed E-state index contributed by atoms with van der Waals surface area (Å²) in [5, 5.41) is 0. The quantitative estimate of drug-likeness (QED) is 0.514. The molecule has 0 fully saturated rings. The van der Waals surface area contributed by atoms with Gasteiger partial charge in [0.05, 0.1) is 7.11 Å². The van der Waals surface area contributed by atoms with E-state index in [0.29, 0.717) is 34.8 Å². The number of ether oxygens (including phenoxy) is 2. The highest BCUT2D eigenvalue weighted by Gasteiger charge is 2.33. The second-order valence-electron chi connectivity index (χ2n) is 7.98. The van der Waals surface area contributed by atoms with Crippen molar-refractivity contribution in [3.63, 3.8) is 0 Å². The van der Waals surface area contributed by atoms with Crippen LogP contribution in [0.25, 0.3) is 5.69 Å². The van der Waals surface area contributed by atoms with Crippen LogP contribution in [0.4, 0.5) is 0 Å². The number of benzene rings is 2. The molecular formula is C24H29N2O4P. The maximum Gasteiger partial charge on any atom is 0.270 e. The Balaban J connectivity index is 2.24. The van der Waals surface area contributed by atoms with Crippen LogP contribution in [0.15, 0.2) is 54.6 Å². The first-order valence-electron chi connectivity index (χ1n) is 9.98. The molecule has 0 aliphatic rings. The van der Waals surface area contributed by atoms with Crippen molar-refractivity contribution in [1.29, 1.82) is 0 Å². The first kappa shape index (κ1) is 22.7. The van der Waals surface area contributed by atoms with Crippen molar-refractivity contribution in [2.75, 3.05) is 34.5 Å². The summed E-state index contributed by atoms with van der Waals surface area (Å²) < 4.78 is 26.7. The van der Waals surface area contributed by atoms with Crippen LogP contribution in [-0.4, -0.2) is 49.9 Å². The molecule has 1 amide bonds. The molecule has 0 radical (unpaired) electrons. The van der Waals surface area contributed by atoms with Gasteiger partial charge >= 0.3 is 0 Å². The minimum absolute atomic E-state index is 0.183. The third-order valence-corrected chi connectivity index (χ3v) is 6.43. The standard InChI is InChI=1S/C24H29N2O4P/c1-17-21(23(27)25(2)3)26(19-12-14-20(29-4)15-13-19)24(31(5,6)28)22(17)30-16-18-10-8-7-9-11-18/h7-15H,16H2,1-6H3. The smallest absolute Gasteiger partial charge is 0.270 e. The fourth-order valence-electron chi connectivity index (χ4n) is 3.49. The highest BCUT2D eigenvalue weighted by Crippen LogP contribution is 2.43. The van der Waals surface area contributed by atoms with Crippen LogP contribution in [0.1, 0.15) is 21.6 Å². The highest BCUT2D eigenvalue weighted by molar-refractivity contribution is 7.70.